The lowest BCUT2D eigenvalue weighted by Gasteiger charge is -2.33. The second-order valence-electron chi connectivity index (χ2n) is 5.24. The Morgan fingerprint density at radius 3 is 2.81 bits per heavy atom. The molecule has 0 aliphatic heterocycles. The lowest BCUT2D eigenvalue weighted by Crippen LogP contribution is -2.38. The predicted molar refractivity (Wildman–Crippen MR) is 83.8 cm³/mol. The van der Waals surface area contributed by atoms with Crippen molar-refractivity contribution in [3.8, 4) is 6.07 Å². The van der Waals surface area contributed by atoms with Crippen LogP contribution in [0.2, 0.25) is 0 Å². The molecule has 0 fully saturated rings. The van der Waals surface area contributed by atoms with Crippen molar-refractivity contribution in [2.45, 2.75) is 25.4 Å². The van der Waals surface area contributed by atoms with E-state index in [2.05, 4.69) is 23.0 Å². The largest absolute Gasteiger partial charge is 0.366 e. The molecule has 0 aliphatic rings. The minimum absolute atomic E-state index is 0.00931. The number of anilines is 1. The maximum Gasteiger partial charge on any atom is 0.0992 e. The summed E-state index contributed by atoms with van der Waals surface area (Å²) >= 11 is 0. The highest BCUT2D eigenvalue weighted by atomic mass is 15.2. The fourth-order valence-corrected chi connectivity index (χ4v) is 2.53. The SMILES string of the molecule is CCC(N)C(c1cnn(C)c1)N(C)c1cccc(C#N)c1. The highest BCUT2D eigenvalue weighted by Gasteiger charge is 2.24. The molecule has 0 saturated carbocycles. The van der Waals surface area contributed by atoms with Gasteiger partial charge in [-0.25, -0.2) is 0 Å². The molecule has 2 unspecified atom stereocenters. The van der Waals surface area contributed by atoms with Gasteiger partial charge in [-0.3, -0.25) is 4.68 Å². The van der Waals surface area contributed by atoms with Crippen LogP contribution in [0.1, 0.15) is 30.5 Å². The van der Waals surface area contributed by atoms with Crippen LogP contribution in [0, 0.1) is 11.3 Å². The first-order valence-electron chi connectivity index (χ1n) is 7.04. The Kier molecular flexibility index (Phi) is 4.61. The van der Waals surface area contributed by atoms with Gasteiger partial charge in [-0.15, -0.1) is 0 Å². The van der Waals surface area contributed by atoms with E-state index in [1.165, 1.54) is 0 Å². The summed E-state index contributed by atoms with van der Waals surface area (Å²) in [6.45, 7) is 2.08. The molecule has 5 heteroatoms. The number of hydrogen-bond donors (Lipinski definition) is 1. The molecule has 2 rings (SSSR count). The Morgan fingerprint density at radius 2 is 2.24 bits per heavy atom. The zero-order valence-corrected chi connectivity index (χ0v) is 12.7. The number of likely N-dealkylation sites (N-methyl/N-ethyl adjacent to an activating group) is 1. The summed E-state index contributed by atoms with van der Waals surface area (Å²) in [6.07, 6.45) is 4.71. The third-order valence-electron chi connectivity index (χ3n) is 3.74. The summed E-state index contributed by atoms with van der Waals surface area (Å²) in [6, 6.07) is 9.76. The van der Waals surface area contributed by atoms with Gasteiger partial charge in [0.15, 0.2) is 0 Å². The summed E-state index contributed by atoms with van der Waals surface area (Å²) in [5, 5.41) is 13.3. The monoisotopic (exact) mass is 283 g/mol. The molecule has 2 N–H and O–H groups in total. The first-order valence-corrected chi connectivity index (χ1v) is 7.04. The molecule has 0 radical (unpaired) electrons. The third kappa shape index (κ3) is 3.23. The Morgan fingerprint density at radius 1 is 1.48 bits per heavy atom. The lowest BCUT2D eigenvalue weighted by molar-refractivity contribution is 0.510. The van der Waals surface area contributed by atoms with Crippen molar-refractivity contribution in [2.24, 2.45) is 12.8 Å². The molecular weight excluding hydrogens is 262 g/mol. The van der Waals surface area contributed by atoms with E-state index >= 15 is 0 Å². The van der Waals surface area contributed by atoms with Crippen LogP contribution in [0.25, 0.3) is 0 Å². The van der Waals surface area contributed by atoms with Gasteiger partial charge < -0.3 is 10.6 Å². The lowest BCUT2D eigenvalue weighted by atomic mass is 9.98. The van der Waals surface area contributed by atoms with E-state index in [1.54, 1.807) is 10.7 Å². The Bertz CT molecular complexity index is 640. The highest BCUT2D eigenvalue weighted by Crippen LogP contribution is 2.29. The van der Waals surface area contributed by atoms with Gasteiger partial charge in [-0.2, -0.15) is 10.4 Å². The minimum Gasteiger partial charge on any atom is -0.366 e. The van der Waals surface area contributed by atoms with Gasteiger partial charge in [0.1, 0.15) is 0 Å². The van der Waals surface area contributed by atoms with Crippen LogP contribution in [0.3, 0.4) is 0 Å². The number of nitrogens with zero attached hydrogens (tertiary/aromatic N) is 4. The topological polar surface area (TPSA) is 70.9 Å². The normalized spacial score (nSPS) is 13.5. The van der Waals surface area contributed by atoms with E-state index in [4.69, 9.17) is 11.0 Å². The molecular formula is C16H21N5. The average Bonchev–Trinajstić information content (AvgIpc) is 2.93. The van der Waals surface area contributed by atoms with Crippen LogP contribution in [0.5, 0.6) is 0 Å². The van der Waals surface area contributed by atoms with Gasteiger partial charge in [0.05, 0.1) is 23.9 Å². The quantitative estimate of drug-likeness (QED) is 0.913. The van der Waals surface area contributed by atoms with Gasteiger partial charge in [0, 0.05) is 37.6 Å². The van der Waals surface area contributed by atoms with Crippen LogP contribution >= 0.6 is 0 Å². The van der Waals surface area contributed by atoms with Crippen molar-refractivity contribution in [1.29, 1.82) is 5.26 Å². The van der Waals surface area contributed by atoms with Gasteiger partial charge in [0.25, 0.3) is 0 Å². The molecule has 2 atom stereocenters. The van der Waals surface area contributed by atoms with E-state index in [0.29, 0.717) is 5.56 Å². The molecule has 110 valence electrons. The Labute approximate surface area is 125 Å². The number of benzene rings is 1. The van der Waals surface area contributed by atoms with Crippen molar-refractivity contribution >= 4 is 5.69 Å². The van der Waals surface area contributed by atoms with E-state index in [1.807, 2.05) is 44.7 Å². The standard InChI is InChI=1S/C16H21N5/c1-4-15(18)16(13-10-19-20(2)11-13)21(3)14-7-5-6-12(8-14)9-17/h5-8,10-11,15-16H,4,18H2,1-3H3. The van der Waals surface area contributed by atoms with Crippen LogP contribution in [-0.2, 0) is 7.05 Å². The average molecular weight is 283 g/mol. The van der Waals surface area contributed by atoms with Gasteiger partial charge >= 0.3 is 0 Å². The van der Waals surface area contributed by atoms with Crippen LogP contribution in [0.15, 0.2) is 36.7 Å². The highest BCUT2D eigenvalue weighted by molar-refractivity contribution is 5.52. The third-order valence-corrected chi connectivity index (χ3v) is 3.74. The second kappa shape index (κ2) is 6.42. The number of nitriles is 1. The first kappa shape index (κ1) is 15.1. The fraction of sp³-hybridized carbons (Fsp3) is 0.375. The van der Waals surface area contributed by atoms with Crippen molar-refractivity contribution in [1.82, 2.24) is 9.78 Å². The fourth-order valence-electron chi connectivity index (χ4n) is 2.53. The summed E-state index contributed by atoms with van der Waals surface area (Å²) in [7, 11) is 3.90. The summed E-state index contributed by atoms with van der Waals surface area (Å²) < 4.78 is 1.78. The Balaban J connectivity index is 2.38. The smallest absolute Gasteiger partial charge is 0.0992 e. The summed E-state index contributed by atoms with van der Waals surface area (Å²) in [5.41, 5.74) is 9.03. The van der Waals surface area contributed by atoms with E-state index in [0.717, 1.165) is 17.7 Å². The molecule has 2 aromatic rings. The van der Waals surface area contributed by atoms with Crippen molar-refractivity contribution in [2.75, 3.05) is 11.9 Å². The molecule has 0 saturated heterocycles. The molecule has 0 bridgehead atoms. The number of nitrogens with two attached hydrogens (primary N) is 1. The van der Waals surface area contributed by atoms with Crippen LogP contribution in [0.4, 0.5) is 5.69 Å². The van der Waals surface area contributed by atoms with Crippen LogP contribution in [-0.4, -0.2) is 22.9 Å². The molecule has 5 nitrogen and oxygen atoms in total. The van der Waals surface area contributed by atoms with Gasteiger partial charge in [-0.1, -0.05) is 13.0 Å². The van der Waals surface area contributed by atoms with Gasteiger partial charge in [0.2, 0.25) is 0 Å². The molecule has 0 aliphatic carbocycles. The summed E-state index contributed by atoms with van der Waals surface area (Å²) in [4.78, 5) is 2.12. The number of aromatic nitrogens is 2. The van der Waals surface area contributed by atoms with E-state index in [-0.39, 0.29) is 12.1 Å². The summed E-state index contributed by atoms with van der Waals surface area (Å²) in [5.74, 6) is 0. The van der Waals surface area contributed by atoms with Crippen LogP contribution < -0.4 is 10.6 Å². The number of aryl methyl sites for hydroxylation is 1. The zero-order chi connectivity index (χ0) is 15.4. The van der Waals surface area contributed by atoms with E-state index in [9.17, 15) is 0 Å². The van der Waals surface area contributed by atoms with Gasteiger partial charge in [-0.05, 0) is 24.6 Å². The first-order chi connectivity index (χ1) is 10.1. The maximum absolute atomic E-state index is 9.05. The Hall–Kier alpha value is -2.32. The number of rotatable bonds is 5. The second-order valence-corrected chi connectivity index (χ2v) is 5.24. The molecule has 1 heterocycles. The molecule has 1 aromatic heterocycles. The zero-order valence-electron chi connectivity index (χ0n) is 12.7. The predicted octanol–water partition coefficient (Wildman–Crippen LogP) is 2.21. The molecule has 1 aromatic carbocycles. The van der Waals surface area contributed by atoms with Crippen molar-refractivity contribution in [3.05, 3.63) is 47.8 Å². The molecule has 0 amide bonds. The molecule has 21 heavy (non-hydrogen) atoms. The van der Waals surface area contributed by atoms with Crippen molar-refractivity contribution in [3.63, 3.8) is 0 Å². The van der Waals surface area contributed by atoms with E-state index < -0.39 is 0 Å². The molecule has 0 spiro atoms. The number of hydrogen-bond acceptors (Lipinski definition) is 4. The maximum atomic E-state index is 9.05. The van der Waals surface area contributed by atoms with Crippen molar-refractivity contribution < 1.29 is 0 Å². The minimum atomic E-state index is -0.00931.